The fourth-order valence-electron chi connectivity index (χ4n) is 4.74. The van der Waals surface area contributed by atoms with Crippen molar-refractivity contribution in [3.8, 4) is 5.75 Å². The number of unbranched alkanes of at least 4 members (excludes halogenated alkanes) is 1. The van der Waals surface area contributed by atoms with Gasteiger partial charge >= 0.3 is 0 Å². The summed E-state index contributed by atoms with van der Waals surface area (Å²) >= 11 is 0. The van der Waals surface area contributed by atoms with Gasteiger partial charge < -0.3 is 14.2 Å². The summed E-state index contributed by atoms with van der Waals surface area (Å²) in [4.78, 5) is 0. The van der Waals surface area contributed by atoms with Gasteiger partial charge in [-0.25, -0.2) is 4.39 Å². The molecule has 2 aliphatic rings. The largest absolute Gasteiger partial charge is 0.490 e. The minimum atomic E-state index is -0.915. The van der Waals surface area contributed by atoms with E-state index >= 15 is 0 Å². The van der Waals surface area contributed by atoms with E-state index in [9.17, 15) is 8.78 Å². The molecule has 31 heavy (non-hydrogen) atoms. The maximum Gasteiger partial charge on any atom is 0.200 e. The predicted octanol–water partition coefficient (Wildman–Crippen LogP) is 6.98. The summed E-state index contributed by atoms with van der Waals surface area (Å²) in [5.74, 6) is -0.526. The van der Waals surface area contributed by atoms with Gasteiger partial charge in [0.25, 0.3) is 0 Å². The van der Waals surface area contributed by atoms with Crippen LogP contribution in [0, 0.1) is 23.5 Å². The first-order valence-corrected chi connectivity index (χ1v) is 12.1. The predicted molar refractivity (Wildman–Crippen MR) is 119 cm³/mol. The fraction of sp³-hybridized carbons (Fsp3) is 0.692. The van der Waals surface area contributed by atoms with Crippen LogP contribution in [0.2, 0.25) is 0 Å². The molecule has 2 fully saturated rings. The van der Waals surface area contributed by atoms with Gasteiger partial charge in [-0.15, -0.1) is 6.58 Å². The molecule has 2 atom stereocenters. The molecule has 2 unspecified atom stereocenters. The molecular weight excluding hydrogens is 398 g/mol. The first-order chi connectivity index (χ1) is 15.1. The summed E-state index contributed by atoms with van der Waals surface area (Å²) in [5.41, 5.74) is 0.253. The van der Waals surface area contributed by atoms with Gasteiger partial charge in [-0.2, -0.15) is 4.39 Å². The molecule has 1 aromatic carbocycles. The standard InChI is InChI=1S/C26H38F2O3/c1-3-5-7-19-8-14-23(31-17-19)20-9-12-22(13-10-20)30-18-21-11-15-24(26(28)25(21)27)29-16-6-4-2/h3,11,15,19-20,22-23H,1,4-10,12-14,16-18H2,2H3. The average molecular weight is 437 g/mol. The molecule has 174 valence electrons. The maximum atomic E-state index is 14.4. The van der Waals surface area contributed by atoms with Crippen molar-refractivity contribution in [1.29, 1.82) is 0 Å². The van der Waals surface area contributed by atoms with Crippen molar-refractivity contribution in [2.45, 2.75) is 89.9 Å². The number of halogens is 2. The van der Waals surface area contributed by atoms with Crippen LogP contribution in [0.3, 0.4) is 0 Å². The molecule has 1 aliphatic heterocycles. The highest BCUT2D eigenvalue weighted by atomic mass is 19.2. The van der Waals surface area contributed by atoms with Crippen molar-refractivity contribution in [2.24, 2.45) is 11.8 Å². The summed E-state index contributed by atoms with van der Waals surface area (Å²) < 4.78 is 46.1. The highest BCUT2D eigenvalue weighted by Gasteiger charge is 2.32. The molecule has 0 aromatic heterocycles. The van der Waals surface area contributed by atoms with E-state index in [0.29, 0.717) is 24.5 Å². The Bertz CT molecular complexity index is 677. The molecule has 1 aromatic rings. The Hall–Kier alpha value is -1.46. The van der Waals surface area contributed by atoms with Gasteiger partial charge in [0.2, 0.25) is 5.82 Å². The molecule has 0 bridgehead atoms. The maximum absolute atomic E-state index is 14.4. The molecule has 0 spiro atoms. The van der Waals surface area contributed by atoms with Gasteiger partial charge in [-0.1, -0.05) is 19.4 Å². The lowest BCUT2D eigenvalue weighted by Crippen LogP contribution is -2.35. The third-order valence-corrected chi connectivity index (χ3v) is 6.79. The second kappa shape index (κ2) is 12.5. The average Bonchev–Trinajstić information content (AvgIpc) is 2.81. The van der Waals surface area contributed by atoms with E-state index in [1.54, 1.807) is 6.07 Å². The van der Waals surface area contributed by atoms with Crippen LogP contribution in [0.25, 0.3) is 0 Å². The number of rotatable bonds is 11. The Kier molecular flexibility index (Phi) is 9.79. The van der Waals surface area contributed by atoms with Gasteiger partial charge in [0.15, 0.2) is 11.6 Å². The Balaban J connectivity index is 1.39. The SMILES string of the molecule is C=CCCC1CCC(C2CCC(OCc3ccc(OCCCC)c(F)c3F)CC2)OC1. The zero-order chi connectivity index (χ0) is 22.1. The summed E-state index contributed by atoms with van der Waals surface area (Å²) in [7, 11) is 0. The molecule has 3 nitrogen and oxygen atoms in total. The third kappa shape index (κ3) is 7.01. The van der Waals surface area contributed by atoms with Crippen LogP contribution in [-0.2, 0) is 16.1 Å². The van der Waals surface area contributed by atoms with Gasteiger partial charge in [0, 0.05) is 12.2 Å². The lowest BCUT2D eigenvalue weighted by Gasteiger charge is -2.37. The molecule has 1 saturated heterocycles. The Morgan fingerprint density at radius 3 is 2.58 bits per heavy atom. The molecule has 0 N–H and O–H groups in total. The van der Waals surface area contributed by atoms with Crippen LogP contribution in [0.1, 0.15) is 76.7 Å². The van der Waals surface area contributed by atoms with Crippen LogP contribution >= 0.6 is 0 Å². The molecule has 1 saturated carbocycles. The van der Waals surface area contributed by atoms with Crippen LogP contribution in [0.5, 0.6) is 5.75 Å². The molecule has 0 amide bonds. The minimum Gasteiger partial charge on any atom is -0.490 e. The third-order valence-electron chi connectivity index (χ3n) is 6.79. The lowest BCUT2D eigenvalue weighted by molar-refractivity contribution is -0.0724. The summed E-state index contributed by atoms with van der Waals surface area (Å²) in [5, 5.41) is 0. The smallest absolute Gasteiger partial charge is 0.200 e. The first-order valence-electron chi connectivity index (χ1n) is 12.1. The Morgan fingerprint density at radius 1 is 1.10 bits per heavy atom. The van der Waals surface area contributed by atoms with Crippen LogP contribution in [0.15, 0.2) is 24.8 Å². The van der Waals surface area contributed by atoms with E-state index in [1.807, 2.05) is 13.0 Å². The highest BCUT2D eigenvalue weighted by Crippen LogP contribution is 2.36. The van der Waals surface area contributed by atoms with Crippen LogP contribution in [-0.4, -0.2) is 25.4 Å². The van der Waals surface area contributed by atoms with Crippen molar-refractivity contribution in [1.82, 2.24) is 0 Å². The molecule has 0 radical (unpaired) electrons. The van der Waals surface area contributed by atoms with Crippen LogP contribution in [0.4, 0.5) is 8.78 Å². The number of hydrogen-bond donors (Lipinski definition) is 0. The first kappa shape index (κ1) is 24.2. The lowest BCUT2D eigenvalue weighted by atomic mass is 9.80. The van der Waals surface area contributed by atoms with E-state index < -0.39 is 11.6 Å². The van der Waals surface area contributed by atoms with Gasteiger partial charge in [-0.05, 0) is 81.8 Å². The van der Waals surface area contributed by atoms with Gasteiger partial charge in [0.05, 0.1) is 25.4 Å². The van der Waals surface area contributed by atoms with E-state index in [1.165, 1.54) is 18.9 Å². The second-order valence-electron chi connectivity index (χ2n) is 9.08. The minimum absolute atomic E-state index is 0.0191. The quantitative estimate of drug-likeness (QED) is 0.277. The zero-order valence-electron chi connectivity index (χ0n) is 18.9. The summed E-state index contributed by atoms with van der Waals surface area (Å²) in [6.07, 6.45) is 12.9. The second-order valence-corrected chi connectivity index (χ2v) is 9.08. The highest BCUT2D eigenvalue weighted by molar-refractivity contribution is 5.30. The van der Waals surface area contributed by atoms with Crippen molar-refractivity contribution in [2.75, 3.05) is 13.2 Å². The number of ether oxygens (including phenoxy) is 3. The normalized spacial score (nSPS) is 26.5. The molecule has 1 heterocycles. The molecular formula is C26H38F2O3. The van der Waals surface area contributed by atoms with Crippen molar-refractivity contribution in [3.05, 3.63) is 42.0 Å². The van der Waals surface area contributed by atoms with Crippen LogP contribution < -0.4 is 4.74 Å². The number of allylic oxidation sites excluding steroid dienone is 1. The summed E-state index contributed by atoms with van der Waals surface area (Å²) in [6, 6.07) is 3.08. The van der Waals surface area contributed by atoms with Crippen molar-refractivity contribution in [3.63, 3.8) is 0 Å². The monoisotopic (exact) mass is 436 g/mol. The van der Waals surface area contributed by atoms with Crippen molar-refractivity contribution < 1.29 is 23.0 Å². The molecule has 5 heteroatoms. The number of hydrogen-bond acceptors (Lipinski definition) is 3. The zero-order valence-corrected chi connectivity index (χ0v) is 18.9. The summed E-state index contributed by atoms with van der Waals surface area (Å²) in [6.45, 7) is 7.19. The van der Waals surface area contributed by atoms with E-state index in [0.717, 1.165) is 58.0 Å². The molecule has 3 rings (SSSR count). The van der Waals surface area contributed by atoms with Gasteiger partial charge in [0.1, 0.15) is 0 Å². The van der Waals surface area contributed by atoms with E-state index in [-0.39, 0.29) is 24.0 Å². The number of benzene rings is 1. The van der Waals surface area contributed by atoms with E-state index in [2.05, 4.69) is 6.58 Å². The van der Waals surface area contributed by atoms with Gasteiger partial charge in [-0.3, -0.25) is 0 Å². The van der Waals surface area contributed by atoms with E-state index in [4.69, 9.17) is 14.2 Å². The topological polar surface area (TPSA) is 27.7 Å². The molecule has 1 aliphatic carbocycles. The Labute approximate surface area is 186 Å². The van der Waals surface area contributed by atoms with Crippen molar-refractivity contribution >= 4 is 0 Å². The fourth-order valence-corrected chi connectivity index (χ4v) is 4.74. The Morgan fingerprint density at radius 2 is 1.90 bits per heavy atom.